The number of amides is 2. The van der Waals surface area contributed by atoms with Crippen LogP contribution in [0.5, 0.6) is 0 Å². The molecule has 1 N–H and O–H groups in total. The monoisotopic (exact) mass is 515 g/mol. The van der Waals surface area contributed by atoms with E-state index in [-0.39, 0.29) is 34.0 Å². The lowest BCUT2D eigenvalue weighted by Crippen LogP contribution is -2.44. The predicted octanol–water partition coefficient (Wildman–Crippen LogP) is 6.15. The average molecular weight is 516 g/mol. The van der Waals surface area contributed by atoms with Crippen molar-refractivity contribution >= 4 is 40.2 Å². The minimum atomic E-state index is -1.04. The standard InChI is InChI=1S/C27H28ClF2N3O3/c1-26(2,3)24-32-20-5-4-15(12-22(20)36-24)23(34)31-16-6-8-27(9-7-16)10-11-33(25(27)35)21-14-19(30)18(29)13-17(21)28/h4-5,12-14,16H,6-11H2,1-3H3,(H,31,34). The van der Waals surface area contributed by atoms with Gasteiger partial charge < -0.3 is 14.6 Å². The normalized spacial score (nSPS) is 22.6. The number of carbonyl (C=O) groups excluding carboxylic acids is 2. The highest BCUT2D eigenvalue weighted by Gasteiger charge is 2.49. The molecule has 2 heterocycles. The van der Waals surface area contributed by atoms with E-state index in [0.29, 0.717) is 61.2 Å². The van der Waals surface area contributed by atoms with Gasteiger partial charge in [0.2, 0.25) is 11.8 Å². The van der Waals surface area contributed by atoms with Crippen LogP contribution >= 0.6 is 11.6 Å². The van der Waals surface area contributed by atoms with E-state index < -0.39 is 17.0 Å². The molecule has 1 spiro atoms. The van der Waals surface area contributed by atoms with Crippen LogP contribution in [0, 0.1) is 17.0 Å². The van der Waals surface area contributed by atoms with Crippen molar-refractivity contribution in [1.29, 1.82) is 0 Å². The number of halogens is 3. The van der Waals surface area contributed by atoms with Crippen LogP contribution in [-0.2, 0) is 10.2 Å². The molecule has 6 nitrogen and oxygen atoms in total. The fourth-order valence-corrected chi connectivity index (χ4v) is 5.46. The first-order chi connectivity index (χ1) is 17.0. The molecule has 0 radical (unpaired) electrons. The lowest BCUT2D eigenvalue weighted by molar-refractivity contribution is -0.127. The minimum Gasteiger partial charge on any atom is -0.440 e. The zero-order chi connectivity index (χ0) is 25.8. The number of carbonyl (C=O) groups is 2. The van der Waals surface area contributed by atoms with Crippen LogP contribution in [-0.4, -0.2) is 29.4 Å². The number of benzene rings is 2. The third-order valence-electron chi connectivity index (χ3n) is 7.36. The highest BCUT2D eigenvalue weighted by molar-refractivity contribution is 6.34. The first-order valence-electron chi connectivity index (χ1n) is 12.2. The minimum absolute atomic E-state index is 0.0126. The molecule has 0 unspecified atom stereocenters. The summed E-state index contributed by atoms with van der Waals surface area (Å²) in [5, 5.41) is 3.10. The number of fused-ring (bicyclic) bond motifs is 1. The molecule has 1 aliphatic carbocycles. The van der Waals surface area contributed by atoms with E-state index in [1.807, 2.05) is 20.8 Å². The maximum absolute atomic E-state index is 13.8. The summed E-state index contributed by atoms with van der Waals surface area (Å²) in [5.41, 5.74) is 1.17. The number of hydrogen-bond acceptors (Lipinski definition) is 4. The molecule has 0 bridgehead atoms. The third-order valence-corrected chi connectivity index (χ3v) is 7.67. The summed E-state index contributed by atoms with van der Waals surface area (Å²) in [5.74, 6) is -1.77. The van der Waals surface area contributed by atoms with E-state index in [0.717, 1.165) is 12.1 Å². The van der Waals surface area contributed by atoms with Crippen LogP contribution in [0.2, 0.25) is 5.02 Å². The molecule has 1 saturated carbocycles. The van der Waals surface area contributed by atoms with Gasteiger partial charge >= 0.3 is 0 Å². The van der Waals surface area contributed by atoms with Gasteiger partial charge in [0.25, 0.3) is 5.91 Å². The summed E-state index contributed by atoms with van der Waals surface area (Å²) < 4.78 is 33.2. The van der Waals surface area contributed by atoms with Crippen molar-refractivity contribution in [3.63, 3.8) is 0 Å². The molecule has 2 aliphatic rings. The van der Waals surface area contributed by atoms with Crippen molar-refractivity contribution < 1.29 is 22.8 Å². The summed E-state index contributed by atoms with van der Waals surface area (Å²) >= 11 is 6.11. The smallest absolute Gasteiger partial charge is 0.251 e. The Hall–Kier alpha value is -3.00. The zero-order valence-electron chi connectivity index (χ0n) is 20.5. The first-order valence-corrected chi connectivity index (χ1v) is 12.5. The lowest BCUT2D eigenvalue weighted by Gasteiger charge is -2.36. The highest BCUT2D eigenvalue weighted by atomic mass is 35.5. The quantitative estimate of drug-likeness (QED) is 0.424. The van der Waals surface area contributed by atoms with Crippen molar-refractivity contribution in [2.75, 3.05) is 11.4 Å². The van der Waals surface area contributed by atoms with Gasteiger partial charge in [0.15, 0.2) is 17.2 Å². The number of hydrogen-bond donors (Lipinski definition) is 1. The van der Waals surface area contributed by atoms with Gasteiger partial charge in [0, 0.05) is 29.6 Å². The third kappa shape index (κ3) is 4.36. The Bertz CT molecular complexity index is 1360. The predicted molar refractivity (Wildman–Crippen MR) is 133 cm³/mol. The zero-order valence-corrected chi connectivity index (χ0v) is 21.2. The molecule has 2 fully saturated rings. The second kappa shape index (κ2) is 8.83. The largest absolute Gasteiger partial charge is 0.440 e. The van der Waals surface area contributed by atoms with Gasteiger partial charge in [0.1, 0.15) is 5.52 Å². The molecule has 190 valence electrons. The summed E-state index contributed by atoms with van der Waals surface area (Å²) in [6.07, 6.45) is 3.11. The summed E-state index contributed by atoms with van der Waals surface area (Å²) in [7, 11) is 0. The van der Waals surface area contributed by atoms with Gasteiger partial charge in [-0.1, -0.05) is 32.4 Å². The number of anilines is 1. The van der Waals surface area contributed by atoms with Crippen molar-refractivity contribution in [3.05, 3.63) is 58.4 Å². The summed E-state index contributed by atoms with van der Waals surface area (Å²) in [4.78, 5) is 32.2. The van der Waals surface area contributed by atoms with Crippen LogP contribution in [0.3, 0.4) is 0 Å². The summed E-state index contributed by atoms with van der Waals surface area (Å²) in [6.45, 7) is 6.44. The fraction of sp³-hybridized carbons (Fsp3) is 0.444. The molecule has 9 heteroatoms. The second-order valence-electron chi connectivity index (χ2n) is 10.9. The van der Waals surface area contributed by atoms with Crippen LogP contribution in [0.4, 0.5) is 14.5 Å². The van der Waals surface area contributed by atoms with Crippen LogP contribution < -0.4 is 10.2 Å². The lowest BCUT2D eigenvalue weighted by atomic mass is 9.71. The second-order valence-corrected chi connectivity index (χ2v) is 11.3. The van der Waals surface area contributed by atoms with Crippen LogP contribution in [0.15, 0.2) is 34.7 Å². The Morgan fingerprint density at radius 3 is 2.53 bits per heavy atom. The average Bonchev–Trinajstić information content (AvgIpc) is 3.39. The van der Waals surface area contributed by atoms with Crippen LogP contribution in [0.25, 0.3) is 11.1 Å². The number of rotatable bonds is 3. The van der Waals surface area contributed by atoms with Gasteiger partial charge in [-0.05, 0) is 56.4 Å². The van der Waals surface area contributed by atoms with E-state index in [1.165, 1.54) is 4.90 Å². The van der Waals surface area contributed by atoms with E-state index in [4.69, 9.17) is 16.0 Å². The Kier molecular flexibility index (Phi) is 6.06. The van der Waals surface area contributed by atoms with Gasteiger partial charge in [-0.3, -0.25) is 9.59 Å². The van der Waals surface area contributed by atoms with E-state index >= 15 is 0 Å². The van der Waals surface area contributed by atoms with E-state index in [2.05, 4.69) is 10.3 Å². The Balaban J connectivity index is 1.24. The number of aromatic nitrogens is 1. The fourth-order valence-electron chi connectivity index (χ4n) is 5.20. The topological polar surface area (TPSA) is 75.4 Å². The van der Waals surface area contributed by atoms with Crippen molar-refractivity contribution in [1.82, 2.24) is 10.3 Å². The molecular weight excluding hydrogens is 488 g/mol. The van der Waals surface area contributed by atoms with Crippen molar-refractivity contribution in [2.45, 2.75) is 64.3 Å². The SMILES string of the molecule is CC(C)(C)c1nc2ccc(C(=O)NC3CCC4(CC3)CCN(c3cc(F)c(F)cc3Cl)C4=O)cc2o1. The van der Waals surface area contributed by atoms with Crippen molar-refractivity contribution in [2.24, 2.45) is 5.41 Å². The molecule has 5 rings (SSSR count). The number of oxazole rings is 1. The van der Waals surface area contributed by atoms with E-state index in [1.54, 1.807) is 18.2 Å². The van der Waals surface area contributed by atoms with Gasteiger partial charge in [0.05, 0.1) is 16.1 Å². The molecule has 2 amide bonds. The molecule has 1 aromatic heterocycles. The Morgan fingerprint density at radius 1 is 1.14 bits per heavy atom. The maximum Gasteiger partial charge on any atom is 0.251 e. The maximum atomic E-state index is 13.8. The number of nitrogens with zero attached hydrogens (tertiary/aromatic N) is 2. The van der Waals surface area contributed by atoms with E-state index in [9.17, 15) is 18.4 Å². The van der Waals surface area contributed by atoms with Crippen LogP contribution in [0.1, 0.15) is 69.1 Å². The van der Waals surface area contributed by atoms with Gasteiger partial charge in [-0.25, -0.2) is 13.8 Å². The Morgan fingerprint density at radius 2 is 1.83 bits per heavy atom. The van der Waals surface area contributed by atoms with Gasteiger partial charge in [-0.15, -0.1) is 0 Å². The molecule has 3 aromatic rings. The first kappa shape index (κ1) is 24.7. The molecular formula is C27H28ClF2N3O3. The number of nitrogens with one attached hydrogen (secondary N) is 1. The molecule has 0 atom stereocenters. The summed E-state index contributed by atoms with van der Waals surface area (Å²) in [6, 6.07) is 7.05. The van der Waals surface area contributed by atoms with Crippen molar-refractivity contribution in [3.8, 4) is 0 Å². The van der Waals surface area contributed by atoms with Gasteiger partial charge in [-0.2, -0.15) is 0 Å². The molecule has 1 aliphatic heterocycles. The highest BCUT2D eigenvalue weighted by Crippen LogP contribution is 2.47. The molecule has 2 aromatic carbocycles. The molecule has 36 heavy (non-hydrogen) atoms. The Labute approximate surface area is 213 Å². The molecule has 1 saturated heterocycles.